The van der Waals surface area contributed by atoms with Crippen LogP contribution in [0.3, 0.4) is 0 Å². The van der Waals surface area contributed by atoms with Crippen molar-refractivity contribution in [2.45, 2.75) is 0 Å². The van der Waals surface area contributed by atoms with Gasteiger partial charge in [-0.3, -0.25) is 19.8 Å². The van der Waals surface area contributed by atoms with Crippen LogP contribution in [0, 0.1) is 0 Å². The van der Waals surface area contributed by atoms with Crippen LogP contribution < -0.4 is 10.9 Å². The standard InChI is InChI=1S/C12H10ClN3O4/c1-20-12(19)6-2-3-7(13)8(4-6)14-11(18)9-5-10(17)16-15-9/h2-5H,1H3,(H,14,18)(H2,15,16,17). The molecule has 3 N–H and O–H groups in total. The monoisotopic (exact) mass is 295 g/mol. The molecule has 20 heavy (non-hydrogen) atoms. The number of H-pyrrole nitrogens is 2. The Hall–Kier alpha value is -2.54. The van der Waals surface area contributed by atoms with Gasteiger partial charge in [0.05, 0.1) is 23.4 Å². The molecule has 0 aliphatic rings. The largest absolute Gasteiger partial charge is 0.465 e. The number of benzene rings is 1. The summed E-state index contributed by atoms with van der Waals surface area (Å²) in [7, 11) is 1.25. The highest BCUT2D eigenvalue weighted by Gasteiger charge is 2.13. The Morgan fingerprint density at radius 1 is 1.25 bits per heavy atom. The molecule has 0 saturated carbocycles. The Morgan fingerprint density at radius 3 is 2.60 bits per heavy atom. The highest BCUT2D eigenvalue weighted by Crippen LogP contribution is 2.23. The lowest BCUT2D eigenvalue weighted by Gasteiger charge is -2.07. The van der Waals surface area contributed by atoms with Crippen LogP contribution in [0.15, 0.2) is 29.1 Å². The molecule has 104 valence electrons. The number of ether oxygens (including phenoxy) is 1. The third kappa shape index (κ3) is 2.89. The van der Waals surface area contributed by atoms with Gasteiger partial charge < -0.3 is 10.1 Å². The van der Waals surface area contributed by atoms with E-state index in [-0.39, 0.29) is 22.0 Å². The van der Waals surface area contributed by atoms with Crippen molar-refractivity contribution in [1.82, 2.24) is 10.2 Å². The summed E-state index contributed by atoms with van der Waals surface area (Å²) in [5.74, 6) is -1.11. The van der Waals surface area contributed by atoms with E-state index in [1.165, 1.54) is 25.3 Å². The number of halogens is 1. The number of rotatable bonds is 3. The van der Waals surface area contributed by atoms with Gasteiger partial charge in [-0.05, 0) is 18.2 Å². The highest BCUT2D eigenvalue weighted by molar-refractivity contribution is 6.34. The van der Waals surface area contributed by atoms with Crippen LogP contribution in [0.25, 0.3) is 0 Å². The number of aromatic nitrogens is 2. The minimum Gasteiger partial charge on any atom is -0.465 e. The van der Waals surface area contributed by atoms with Crippen molar-refractivity contribution in [3.63, 3.8) is 0 Å². The Balaban J connectivity index is 2.26. The van der Waals surface area contributed by atoms with E-state index in [1.807, 2.05) is 0 Å². The van der Waals surface area contributed by atoms with Gasteiger partial charge in [0.1, 0.15) is 5.69 Å². The number of aromatic amines is 2. The number of methoxy groups -OCH3 is 1. The fourth-order valence-corrected chi connectivity index (χ4v) is 1.67. The number of amides is 1. The average molecular weight is 296 g/mol. The number of hydrogen-bond donors (Lipinski definition) is 3. The second-order valence-corrected chi connectivity index (χ2v) is 4.22. The van der Waals surface area contributed by atoms with Crippen molar-refractivity contribution >= 4 is 29.2 Å². The van der Waals surface area contributed by atoms with E-state index in [0.29, 0.717) is 0 Å². The second kappa shape index (κ2) is 5.62. The van der Waals surface area contributed by atoms with Crippen LogP contribution in [-0.2, 0) is 4.74 Å². The zero-order valence-electron chi connectivity index (χ0n) is 10.3. The van der Waals surface area contributed by atoms with Crippen molar-refractivity contribution in [2.75, 3.05) is 12.4 Å². The summed E-state index contributed by atoms with van der Waals surface area (Å²) < 4.78 is 4.58. The average Bonchev–Trinajstić information content (AvgIpc) is 2.87. The third-order valence-corrected chi connectivity index (χ3v) is 2.81. The highest BCUT2D eigenvalue weighted by atomic mass is 35.5. The maximum Gasteiger partial charge on any atom is 0.337 e. The molecule has 0 spiro atoms. The van der Waals surface area contributed by atoms with Gasteiger partial charge in [-0.25, -0.2) is 4.79 Å². The Kier molecular flexibility index (Phi) is 3.90. The summed E-state index contributed by atoms with van der Waals surface area (Å²) >= 11 is 5.93. The molecule has 0 radical (unpaired) electrons. The van der Waals surface area contributed by atoms with Gasteiger partial charge in [0.2, 0.25) is 0 Å². The molecule has 2 aromatic rings. The second-order valence-electron chi connectivity index (χ2n) is 3.81. The number of carbonyl (C=O) groups is 2. The van der Waals surface area contributed by atoms with Crippen LogP contribution in [-0.4, -0.2) is 29.2 Å². The van der Waals surface area contributed by atoms with E-state index in [1.54, 1.807) is 0 Å². The summed E-state index contributed by atoms with van der Waals surface area (Å²) in [4.78, 5) is 34.2. The molecule has 0 aliphatic heterocycles. The molecule has 0 aliphatic carbocycles. The molecule has 0 saturated heterocycles. The number of nitrogens with one attached hydrogen (secondary N) is 3. The van der Waals surface area contributed by atoms with Gasteiger partial charge >= 0.3 is 5.97 Å². The van der Waals surface area contributed by atoms with E-state index < -0.39 is 17.4 Å². The van der Waals surface area contributed by atoms with Gasteiger partial charge in [-0.15, -0.1) is 0 Å². The lowest BCUT2D eigenvalue weighted by Crippen LogP contribution is -2.13. The maximum absolute atomic E-state index is 11.9. The third-order valence-electron chi connectivity index (χ3n) is 2.48. The predicted octanol–water partition coefficient (Wildman–Crippen LogP) is 1.40. The van der Waals surface area contributed by atoms with Crippen molar-refractivity contribution in [1.29, 1.82) is 0 Å². The van der Waals surface area contributed by atoms with E-state index in [4.69, 9.17) is 11.6 Å². The first-order valence-electron chi connectivity index (χ1n) is 5.48. The summed E-state index contributed by atoms with van der Waals surface area (Å²) in [6, 6.07) is 5.43. The van der Waals surface area contributed by atoms with E-state index in [0.717, 1.165) is 6.07 Å². The van der Waals surface area contributed by atoms with E-state index in [9.17, 15) is 14.4 Å². The molecule has 8 heteroatoms. The first kappa shape index (κ1) is 13.9. The zero-order chi connectivity index (χ0) is 14.7. The van der Waals surface area contributed by atoms with Gasteiger partial charge in [-0.2, -0.15) is 0 Å². The molecular formula is C12H10ClN3O4. The number of hydrogen-bond acceptors (Lipinski definition) is 4. The van der Waals surface area contributed by atoms with E-state index in [2.05, 4.69) is 20.3 Å². The van der Waals surface area contributed by atoms with Crippen LogP contribution in [0.2, 0.25) is 5.02 Å². The number of anilines is 1. The summed E-state index contributed by atoms with van der Waals surface area (Å²) in [6.07, 6.45) is 0. The topological polar surface area (TPSA) is 104 Å². The predicted molar refractivity (Wildman–Crippen MR) is 72.2 cm³/mol. The number of esters is 1. The minimum absolute atomic E-state index is 0.0505. The van der Waals surface area contributed by atoms with Crippen molar-refractivity contribution in [3.05, 3.63) is 50.9 Å². The molecular weight excluding hydrogens is 286 g/mol. The van der Waals surface area contributed by atoms with Gasteiger partial charge in [0.25, 0.3) is 11.5 Å². The lowest BCUT2D eigenvalue weighted by molar-refractivity contribution is 0.0600. The van der Waals surface area contributed by atoms with Crippen LogP contribution in [0.1, 0.15) is 20.8 Å². The normalized spacial score (nSPS) is 10.1. The molecule has 0 unspecified atom stereocenters. The maximum atomic E-state index is 11.9. The Labute approximate surface area is 117 Å². The van der Waals surface area contributed by atoms with Gasteiger partial charge in [0, 0.05) is 6.07 Å². The Bertz CT molecular complexity index is 719. The first-order chi connectivity index (χ1) is 9.51. The van der Waals surface area contributed by atoms with Crippen molar-refractivity contribution in [3.8, 4) is 0 Å². The zero-order valence-corrected chi connectivity index (χ0v) is 11.1. The lowest BCUT2D eigenvalue weighted by atomic mass is 10.2. The fraction of sp³-hybridized carbons (Fsp3) is 0.0833. The Morgan fingerprint density at radius 2 is 2.00 bits per heavy atom. The fourth-order valence-electron chi connectivity index (χ4n) is 1.51. The van der Waals surface area contributed by atoms with Gasteiger partial charge in [-0.1, -0.05) is 11.6 Å². The molecule has 0 bridgehead atoms. The number of carbonyl (C=O) groups excluding carboxylic acids is 2. The van der Waals surface area contributed by atoms with Crippen molar-refractivity contribution in [2.24, 2.45) is 0 Å². The van der Waals surface area contributed by atoms with Crippen LogP contribution in [0.5, 0.6) is 0 Å². The summed E-state index contributed by atoms with van der Waals surface area (Å²) in [6.45, 7) is 0. The molecule has 2 rings (SSSR count). The molecule has 0 fully saturated rings. The quantitative estimate of drug-likeness (QED) is 0.744. The van der Waals surface area contributed by atoms with Gasteiger partial charge in [0.15, 0.2) is 0 Å². The first-order valence-corrected chi connectivity index (χ1v) is 5.86. The summed E-state index contributed by atoms with van der Waals surface area (Å²) in [5, 5.41) is 7.39. The SMILES string of the molecule is COC(=O)c1ccc(Cl)c(NC(=O)c2cc(=O)[nH][nH]2)c1. The van der Waals surface area contributed by atoms with Crippen LogP contribution >= 0.6 is 11.6 Å². The molecule has 1 aromatic heterocycles. The smallest absolute Gasteiger partial charge is 0.337 e. The molecule has 1 heterocycles. The molecule has 1 amide bonds. The molecule has 1 aromatic carbocycles. The van der Waals surface area contributed by atoms with Crippen LogP contribution in [0.4, 0.5) is 5.69 Å². The summed E-state index contributed by atoms with van der Waals surface area (Å²) in [5.41, 5.74) is 0.107. The minimum atomic E-state index is -0.563. The van der Waals surface area contributed by atoms with Crippen molar-refractivity contribution < 1.29 is 14.3 Å². The molecule has 7 nitrogen and oxygen atoms in total. The van der Waals surface area contributed by atoms with E-state index >= 15 is 0 Å². The molecule has 0 atom stereocenters.